The maximum atomic E-state index is 5.57. The summed E-state index contributed by atoms with van der Waals surface area (Å²) in [4.78, 5) is 2.35. The van der Waals surface area contributed by atoms with Gasteiger partial charge in [0.1, 0.15) is 5.75 Å². The van der Waals surface area contributed by atoms with Crippen LogP contribution >= 0.6 is 0 Å². The molecule has 108 valence electrons. The SMILES string of the molecule is COc1ccccc1CN(C)CCCC(C)CCN. The molecule has 0 spiro atoms. The maximum absolute atomic E-state index is 5.57. The van der Waals surface area contributed by atoms with Gasteiger partial charge in [-0.3, -0.25) is 0 Å². The lowest BCUT2D eigenvalue weighted by molar-refractivity contribution is 0.299. The van der Waals surface area contributed by atoms with Crippen LogP contribution in [0.5, 0.6) is 5.75 Å². The van der Waals surface area contributed by atoms with Gasteiger partial charge in [0, 0.05) is 12.1 Å². The molecule has 0 aliphatic rings. The van der Waals surface area contributed by atoms with Crippen LogP contribution in [0.15, 0.2) is 24.3 Å². The second-order valence-electron chi connectivity index (χ2n) is 5.37. The van der Waals surface area contributed by atoms with E-state index < -0.39 is 0 Å². The van der Waals surface area contributed by atoms with Gasteiger partial charge in [0.25, 0.3) is 0 Å². The fourth-order valence-corrected chi connectivity index (χ4v) is 2.34. The second kappa shape index (κ2) is 8.94. The molecule has 0 saturated heterocycles. The maximum Gasteiger partial charge on any atom is 0.123 e. The summed E-state index contributed by atoms with van der Waals surface area (Å²) in [5.41, 5.74) is 6.82. The first-order valence-corrected chi connectivity index (χ1v) is 7.18. The van der Waals surface area contributed by atoms with Gasteiger partial charge in [0.2, 0.25) is 0 Å². The molecule has 1 aromatic rings. The normalized spacial score (nSPS) is 12.7. The van der Waals surface area contributed by atoms with E-state index in [1.807, 2.05) is 12.1 Å². The Morgan fingerprint density at radius 3 is 2.68 bits per heavy atom. The zero-order valence-corrected chi connectivity index (χ0v) is 12.6. The van der Waals surface area contributed by atoms with Gasteiger partial charge in [0.05, 0.1) is 7.11 Å². The molecule has 1 unspecified atom stereocenters. The highest BCUT2D eigenvalue weighted by Gasteiger charge is 2.06. The van der Waals surface area contributed by atoms with Crippen LogP contribution in [0.3, 0.4) is 0 Å². The summed E-state index contributed by atoms with van der Waals surface area (Å²) in [5, 5.41) is 0. The lowest BCUT2D eigenvalue weighted by Crippen LogP contribution is -2.20. The van der Waals surface area contributed by atoms with Gasteiger partial charge < -0.3 is 15.4 Å². The van der Waals surface area contributed by atoms with E-state index >= 15 is 0 Å². The van der Waals surface area contributed by atoms with E-state index in [-0.39, 0.29) is 0 Å². The molecule has 0 bridgehead atoms. The number of ether oxygens (including phenoxy) is 1. The highest BCUT2D eigenvalue weighted by atomic mass is 16.5. The standard InChI is InChI=1S/C16H28N2O/c1-14(10-11-17)7-6-12-18(2)13-15-8-4-5-9-16(15)19-3/h4-5,8-9,14H,6-7,10-13,17H2,1-3H3. The van der Waals surface area contributed by atoms with Crippen molar-refractivity contribution in [2.45, 2.75) is 32.7 Å². The molecule has 0 saturated carbocycles. The Morgan fingerprint density at radius 2 is 2.00 bits per heavy atom. The lowest BCUT2D eigenvalue weighted by atomic mass is 10.0. The highest BCUT2D eigenvalue weighted by molar-refractivity contribution is 5.32. The van der Waals surface area contributed by atoms with E-state index in [4.69, 9.17) is 10.5 Å². The molecule has 2 N–H and O–H groups in total. The average Bonchev–Trinajstić information content (AvgIpc) is 2.39. The van der Waals surface area contributed by atoms with Crippen molar-refractivity contribution in [3.8, 4) is 5.75 Å². The molecule has 1 atom stereocenters. The number of rotatable bonds is 9. The minimum absolute atomic E-state index is 0.740. The number of hydrogen-bond acceptors (Lipinski definition) is 3. The Morgan fingerprint density at radius 1 is 1.26 bits per heavy atom. The molecule has 1 rings (SSSR count). The first kappa shape index (κ1) is 16.0. The number of hydrogen-bond donors (Lipinski definition) is 1. The molecule has 0 amide bonds. The number of nitrogens with two attached hydrogens (primary N) is 1. The second-order valence-corrected chi connectivity index (χ2v) is 5.37. The largest absolute Gasteiger partial charge is 0.496 e. The number of methoxy groups -OCH3 is 1. The van der Waals surface area contributed by atoms with Crippen LogP contribution in [0.1, 0.15) is 31.7 Å². The molecule has 0 radical (unpaired) electrons. The molecular formula is C16H28N2O. The van der Waals surface area contributed by atoms with E-state index in [0.717, 1.165) is 37.7 Å². The molecule has 3 nitrogen and oxygen atoms in total. The third-order valence-electron chi connectivity index (χ3n) is 3.53. The predicted octanol–water partition coefficient (Wildman–Crippen LogP) is 2.89. The molecule has 3 heteroatoms. The topological polar surface area (TPSA) is 38.5 Å². The quantitative estimate of drug-likeness (QED) is 0.745. The molecule has 0 aliphatic carbocycles. The minimum atomic E-state index is 0.740. The smallest absolute Gasteiger partial charge is 0.123 e. The van der Waals surface area contributed by atoms with Crippen molar-refractivity contribution in [3.05, 3.63) is 29.8 Å². The number of para-hydroxylation sites is 1. The van der Waals surface area contributed by atoms with E-state index in [1.165, 1.54) is 18.4 Å². The van der Waals surface area contributed by atoms with Crippen molar-refractivity contribution < 1.29 is 4.74 Å². The zero-order chi connectivity index (χ0) is 14.1. The summed E-state index contributed by atoms with van der Waals surface area (Å²) >= 11 is 0. The number of benzene rings is 1. The van der Waals surface area contributed by atoms with E-state index in [1.54, 1.807) is 7.11 Å². The van der Waals surface area contributed by atoms with E-state index in [2.05, 4.69) is 31.0 Å². The third-order valence-corrected chi connectivity index (χ3v) is 3.53. The van der Waals surface area contributed by atoms with Crippen LogP contribution in [0, 0.1) is 5.92 Å². The highest BCUT2D eigenvalue weighted by Crippen LogP contribution is 2.19. The molecule has 19 heavy (non-hydrogen) atoms. The molecule has 0 aliphatic heterocycles. The van der Waals surface area contributed by atoms with Crippen molar-refractivity contribution in [1.82, 2.24) is 4.90 Å². The fourth-order valence-electron chi connectivity index (χ4n) is 2.34. The van der Waals surface area contributed by atoms with Gasteiger partial charge in [-0.25, -0.2) is 0 Å². The Balaban J connectivity index is 2.32. The Labute approximate surface area is 117 Å². The first-order chi connectivity index (χ1) is 9.17. The van der Waals surface area contributed by atoms with Gasteiger partial charge in [-0.05, 0) is 51.4 Å². The lowest BCUT2D eigenvalue weighted by Gasteiger charge is -2.19. The Bertz CT molecular complexity index is 354. The van der Waals surface area contributed by atoms with Gasteiger partial charge in [-0.2, -0.15) is 0 Å². The van der Waals surface area contributed by atoms with Crippen LogP contribution in [-0.2, 0) is 6.54 Å². The van der Waals surface area contributed by atoms with Crippen molar-refractivity contribution in [2.24, 2.45) is 11.7 Å². The van der Waals surface area contributed by atoms with Crippen molar-refractivity contribution in [3.63, 3.8) is 0 Å². The Kier molecular flexibility index (Phi) is 7.53. The number of nitrogens with zero attached hydrogens (tertiary/aromatic N) is 1. The van der Waals surface area contributed by atoms with Crippen molar-refractivity contribution >= 4 is 0 Å². The van der Waals surface area contributed by atoms with Crippen LogP contribution in [-0.4, -0.2) is 32.1 Å². The summed E-state index contributed by atoms with van der Waals surface area (Å²) in [6, 6.07) is 8.23. The zero-order valence-electron chi connectivity index (χ0n) is 12.6. The van der Waals surface area contributed by atoms with Crippen molar-refractivity contribution in [2.75, 3.05) is 27.2 Å². The van der Waals surface area contributed by atoms with Gasteiger partial charge in [-0.1, -0.05) is 25.1 Å². The van der Waals surface area contributed by atoms with Crippen LogP contribution < -0.4 is 10.5 Å². The van der Waals surface area contributed by atoms with Crippen molar-refractivity contribution in [1.29, 1.82) is 0 Å². The van der Waals surface area contributed by atoms with E-state index in [9.17, 15) is 0 Å². The van der Waals surface area contributed by atoms with Gasteiger partial charge in [0.15, 0.2) is 0 Å². The van der Waals surface area contributed by atoms with Crippen LogP contribution in [0.25, 0.3) is 0 Å². The monoisotopic (exact) mass is 264 g/mol. The minimum Gasteiger partial charge on any atom is -0.496 e. The van der Waals surface area contributed by atoms with Gasteiger partial charge in [-0.15, -0.1) is 0 Å². The Hall–Kier alpha value is -1.06. The summed E-state index contributed by atoms with van der Waals surface area (Å²) in [6.07, 6.45) is 3.62. The molecular weight excluding hydrogens is 236 g/mol. The molecule has 0 fully saturated rings. The summed E-state index contributed by atoms with van der Waals surface area (Å²) in [7, 11) is 3.90. The average molecular weight is 264 g/mol. The third kappa shape index (κ3) is 6.08. The fraction of sp³-hybridized carbons (Fsp3) is 0.625. The van der Waals surface area contributed by atoms with Gasteiger partial charge >= 0.3 is 0 Å². The predicted molar refractivity (Wildman–Crippen MR) is 81.4 cm³/mol. The molecule has 1 aromatic carbocycles. The molecule has 0 heterocycles. The molecule has 0 aromatic heterocycles. The van der Waals surface area contributed by atoms with Crippen LogP contribution in [0.4, 0.5) is 0 Å². The van der Waals surface area contributed by atoms with E-state index in [0.29, 0.717) is 0 Å². The summed E-state index contributed by atoms with van der Waals surface area (Å²) < 4.78 is 5.38. The first-order valence-electron chi connectivity index (χ1n) is 7.18. The van der Waals surface area contributed by atoms with Crippen LogP contribution in [0.2, 0.25) is 0 Å². The summed E-state index contributed by atoms with van der Waals surface area (Å²) in [6.45, 7) is 5.15. The summed E-state index contributed by atoms with van der Waals surface area (Å²) in [5.74, 6) is 1.72.